The number of hydrogen-bond acceptors (Lipinski definition) is 4. The minimum absolute atomic E-state index is 0.0151. The Balaban J connectivity index is 1.20. The SMILES string of the molecule is N#Cc1ccc(COc2cccc(-c3ccc(Cc4nc5ccccc5n4C[C@H]4CCCO4)c(F)c3)c2)c(F)c1. The summed E-state index contributed by atoms with van der Waals surface area (Å²) in [5, 5.41) is 8.92. The lowest BCUT2D eigenvalue weighted by atomic mass is 10.0. The van der Waals surface area contributed by atoms with Gasteiger partial charge in [0.2, 0.25) is 0 Å². The molecule has 7 heteroatoms. The van der Waals surface area contributed by atoms with Crippen LogP contribution in [0.1, 0.15) is 35.4 Å². The van der Waals surface area contributed by atoms with Gasteiger partial charge in [0, 0.05) is 18.6 Å². The number of imidazole rings is 1. The van der Waals surface area contributed by atoms with Crippen molar-refractivity contribution in [1.29, 1.82) is 5.26 Å². The van der Waals surface area contributed by atoms with Gasteiger partial charge < -0.3 is 14.0 Å². The van der Waals surface area contributed by atoms with Crippen molar-refractivity contribution >= 4 is 11.0 Å². The predicted molar refractivity (Wildman–Crippen MR) is 149 cm³/mol. The Morgan fingerprint density at radius 1 is 0.925 bits per heavy atom. The number of nitriles is 1. The predicted octanol–water partition coefficient (Wildman–Crippen LogP) is 7.20. The summed E-state index contributed by atoms with van der Waals surface area (Å²) in [7, 11) is 0. The van der Waals surface area contributed by atoms with Crippen molar-refractivity contribution in [2.24, 2.45) is 0 Å². The number of nitrogens with zero attached hydrogens (tertiary/aromatic N) is 3. The highest BCUT2D eigenvalue weighted by molar-refractivity contribution is 5.76. The summed E-state index contributed by atoms with van der Waals surface area (Å²) < 4.78 is 43.5. The average molecular weight is 536 g/mol. The second-order valence-electron chi connectivity index (χ2n) is 9.98. The van der Waals surface area contributed by atoms with Gasteiger partial charge in [-0.25, -0.2) is 13.8 Å². The number of halogens is 2. The summed E-state index contributed by atoms with van der Waals surface area (Å²) >= 11 is 0. The van der Waals surface area contributed by atoms with Gasteiger partial charge in [-0.15, -0.1) is 0 Å². The number of para-hydroxylation sites is 2. The zero-order chi connectivity index (χ0) is 27.5. The molecule has 1 fully saturated rings. The quantitative estimate of drug-likeness (QED) is 0.211. The summed E-state index contributed by atoms with van der Waals surface area (Å²) in [4.78, 5) is 4.83. The molecule has 0 N–H and O–H groups in total. The second-order valence-corrected chi connectivity index (χ2v) is 9.98. The van der Waals surface area contributed by atoms with E-state index in [9.17, 15) is 4.39 Å². The van der Waals surface area contributed by atoms with Crippen LogP contribution in [0.4, 0.5) is 8.78 Å². The van der Waals surface area contributed by atoms with Crippen molar-refractivity contribution in [3.8, 4) is 22.9 Å². The molecule has 0 spiro atoms. The number of aromatic nitrogens is 2. The highest BCUT2D eigenvalue weighted by atomic mass is 19.1. The van der Waals surface area contributed by atoms with Gasteiger partial charge in [0.05, 0.1) is 35.3 Å². The van der Waals surface area contributed by atoms with Crippen LogP contribution >= 0.6 is 0 Å². The lowest BCUT2D eigenvalue weighted by Crippen LogP contribution is -2.17. The van der Waals surface area contributed by atoms with Crippen molar-refractivity contribution < 1.29 is 18.3 Å². The van der Waals surface area contributed by atoms with Gasteiger partial charge in [0.1, 0.15) is 29.8 Å². The van der Waals surface area contributed by atoms with Crippen LogP contribution in [0.15, 0.2) is 84.9 Å². The summed E-state index contributed by atoms with van der Waals surface area (Å²) in [5.41, 5.74) is 4.60. The Bertz CT molecular complexity index is 1720. The second kappa shape index (κ2) is 11.3. The first kappa shape index (κ1) is 25.7. The molecule has 1 aliphatic heterocycles. The highest BCUT2D eigenvalue weighted by Crippen LogP contribution is 2.28. The third-order valence-corrected chi connectivity index (χ3v) is 7.29. The van der Waals surface area contributed by atoms with Crippen LogP contribution in [0.2, 0.25) is 0 Å². The van der Waals surface area contributed by atoms with Crippen LogP contribution in [-0.2, 0) is 24.3 Å². The molecule has 5 aromatic rings. The van der Waals surface area contributed by atoms with Crippen molar-refractivity contribution in [2.45, 2.75) is 38.5 Å². The highest BCUT2D eigenvalue weighted by Gasteiger charge is 2.20. The molecule has 0 unspecified atom stereocenters. The number of rotatable bonds is 8. The minimum Gasteiger partial charge on any atom is -0.489 e. The van der Waals surface area contributed by atoms with E-state index >= 15 is 4.39 Å². The van der Waals surface area contributed by atoms with Gasteiger partial charge in [0.15, 0.2) is 0 Å². The molecule has 1 aliphatic rings. The first-order chi connectivity index (χ1) is 19.6. The molecule has 0 radical (unpaired) electrons. The third-order valence-electron chi connectivity index (χ3n) is 7.29. The van der Waals surface area contributed by atoms with E-state index in [1.807, 2.05) is 48.5 Å². The maximum atomic E-state index is 15.4. The molecule has 200 valence electrons. The molecule has 0 saturated carbocycles. The van der Waals surface area contributed by atoms with E-state index in [1.165, 1.54) is 12.1 Å². The summed E-state index contributed by atoms with van der Waals surface area (Å²) in [6.45, 7) is 1.50. The maximum Gasteiger partial charge on any atom is 0.131 e. The van der Waals surface area contributed by atoms with E-state index in [1.54, 1.807) is 30.3 Å². The lowest BCUT2D eigenvalue weighted by Gasteiger charge is -2.15. The molecular formula is C33H27F2N3O2. The standard InChI is InChI=1S/C33H27F2N3O2/c34-29-15-22(19-36)10-11-26(29)21-40-27-6-3-5-23(16-27)24-12-13-25(30(35)17-24)18-33-37-31-8-1-2-9-32(31)38(33)20-28-7-4-14-39-28/h1-3,5-6,8-13,15-17,28H,4,7,14,18,20-21H2/t28-/m1/s1. The number of fused-ring (bicyclic) bond motifs is 1. The smallest absolute Gasteiger partial charge is 0.131 e. The molecule has 0 amide bonds. The zero-order valence-corrected chi connectivity index (χ0v) is 21.8. The Labute approximate surface area is 231 Å². The average Bonchev–Trinajstić information content (AvgIpc) is 3.62. The molecule has 1 saturated heterocycles. The number of benzene rings is 4. The number of hydrogen-bond donors (Lipinski definition) is 0. The van der Waals surface area contributed by atoms with Gasteiger partial charge in [-0.1, -0.05) is 42.5 Å². The molecule has 6 rings (SSSR count). The molecule has 1 aromatic heterocycles. The van der Waals surface area contributed by atoms with Crippen molar-refractivity contribution in [1.82, 2.24) is 9.55 Å². The Morgan fingerprint density at radius 2 is 1.75 bits per heavy atom. The topological polar surface area (TPSA) is 60.1 Å². The lowest BCUT2D eigenvalue weighted by molar-refractivity contribution is 0.0973. The van der Waals surface area contributed by atoms with Crippen LogP contribution in [-0.4, -0.2) is 22.3 Å². The van der Waals surface area contributed by atoms with Gasteiger partial charge in [-0.3, -0.25) is 0 Å². The van der Waals surface area contributed by atoms with Crippen LogP contribution in [0, 0.1) is 23.0 Å². The Morgan fingerprint density at radius 3 is 2.55 bits per heavy atom. The van der Waals surface area contributed by atoms with E-state index in [4.69, 9.17) is 19.7 Å². The van der Waals surface area contributed by atoms with Crippen molar-refractivity contribution in [3.63, 3.8) is 0 Å². The monoisotopic (exact) mass is 535 g/mol. The van der Waals surface area contributed by atoms with Gasteiger partial charge >= 0.3 is 0 Å². The summed E-state index contributed by atoms with van der Waals surface area (Å²) in [5.74, 6) is 0.554. The van der Waals surface area contributed by atoms with E-state index in [0.29, 0.717) is 35.4 Å². The summed E-state index contributed by atoms with van der Waals surface area (Å²) in [6.07, 6.45) is 2.58. The third kappa shape index (κ3) is 5.45. The van der Waals surface area contributed by atoms with E-state index in [2.05, 4.69) is 4.57 Å². The maximum absolute atomic E-state index is 15.4. The molecule has 5 nitrogen and oxygen atoms in total. The van der Waals surface area contributed by atoms with E-state index in [-0.39, 0.29) is 24.1 Å². The van der Waals surface area contributed by atoms with Gasteiger partial charge in [-0.2, -0.15) is 5.26 Å². The van der Waals surface area contributed by atoms with Crippen LogP contribution in [0.25, 0.3) is 22.2 Å². The molecule has 0 bridgehead atoms. The molecule has 40 heavy (non-hydrogen) atoms. The first-order valence-electron chi connectivity index (χ1n) is 13.3. The Hall–Kier alpha value is -4.54. The Kier molecular flexibility index (Phi) is 7.26. The van der Waals surface area contributed by atoms with Crippen molar-refractivity contribution in [3.05, 3.63) is 119 Å². The number of ether oxygens (including phenoxy) is 2. The molecular weight excluding hydrogens is 508 g/mol. The fourth-order valence-corrected chi connectivity index (χ4v) is 5.16. The minimum atomic E-state index is -0.489. The fourth-order valence-electron chi connectivity index (χ4n) is 5.16. The first-order valence-corrected chi connectivity index (χ1v) is 13.3. The van der Waals surface area contributed by atoms with Crippen LogP contribution < -0.4 is 4.74 Å². The van der Waals surface area contributed by atoms with Crippen LogP contribution in [0.3, 0.4) is 0 Å². The van der Waals surface area contributed by atoms with E-state index < -0.39 is 5.82 Å². The molecule has 4 aromatic carbocycles. The van der Waals surface area contributed by atoms with E-state index in [0.717, 1.165) is 41.9 Å². The fraction of sp³-hybridized carbons (Fsp3) is 0.212. The van der Waals surface area contributed by atoms with Gasteiger partial charge in [-0.05, 0) is 72.0 Å². The van der Waals surface area contributed by atoms with Crippen molar-refractivity contribution in [2.75, 3.05) is 6.61 Å². The largest absolute Gasteiger partial charge is 0.489 e. The zero-order valence-electron chi connectivity index (χ0n) is 21.8. The molecule has 0 aliphatic carbocycles. The van der Waals surface area contributed by atoms with Gasteiger partial charge in [0.25, 0.3) is 0 Å². The van der Waals surface area contributed by atoms with Crippen LogP contribution in [0.5, 0.6) is 5.75 Å². The summed E-state index contributed by atoms with van der Waals surface area (Å²) in [6, 6.07) is 26.7. The normalized spacial score (nSPS) is 14.9. The molecule has 2 heterocycles. The molecule has 1 atom stereocenters.